The lowest BCUT2D eigenvalue weighted by molar-refractivity contribution is -0.145. The highest BCUT2D eigenvalue weighted by atomic mass is 32.2. The summed E-state index contributed by atoms with van der Waals surface area (Å²) in [5.41, 5.74) is 1.17. The van der Waals surface area contributed by atoms with Crippen molar-refractivity contribution >= 4 is 102 Å². The van der Waals surface area contributed by atoms with Gasteiger partial charge in [0.2, 0.25) is 37.8 Å². The van der Waals surface area contributed by atoms with Crippen LogP contribution in [0.2, 0.25) is 0 Å². The van der Waals surface area contributed by atoms with Gasteiger partial charge in [0.15, 0.2) is 16.2 Å². The highest BCUT2D eigenvalue weighted by Crippen LogP contribution is 2.47. The van der Waals surface area contributed by atoms with Crippen LogP contribution in [-0.4, -0.2) is 144 Å². The van der Waals surface area contributed by atoms with Crippen molar-refractivity contribution in [3.8, 4) is 11.3 Å². The molecule has 0 saturated heterocycles. The standard InChI is InChI=1S/C34H39N7O21S5/c1-34(33(47)48)8-6-15(16(7-9-34)32(45)46)24-17-2-4-19(35)27-25(17)62-26-18(24)3-5-20(36)28(26)67(60,61)41-23(14-65(55,56)57)31(44)40-22(13-64(52,53)54)30(43)39-21(12-63(49,50)51)29(42)37-10-11-38-66(27,58)59/h2-5,7,9,21-23,35,38,41H,6,8,10-14,36H2,1H3,(H,37,42)(H,39,43)(H,40,44)(H,45,46)(H,47,48)(H,49,50,51)(H,52,53,54)(H,55,56,57). The first-order valence-corrected chi connectivity index (χ1v) is 26.5. The smallest absolute Gasteiger partial charge is 0.335 e. The summed E-state index contributed by atoms with van der Waals surface area (Å²) in [6, 6.07) is -3.92. The fraction of sp³-hybridized carbons (Fsp3) is 0.353. The number of nitrogen functional groups attached to an aromatic ring is 1. The third-order valence-electron chi connectivity index (χ3n) is 10.1. The summed E-state index contributed by atoms with van der Waals surface area (Å²) >= 11 is 0. The van der Waals surface area contributed by atoms with Gasteiger partial charge < -0.3 is 36.3 Å². The zero-order valence-corrected chi connectivity index (χ0v) is 38.1. The van der Waals surface area contributed by atoms with Crippen LogP contribution in [0, 0.1) is 10.8 Å². The average Bonchev–Trinajstić information content (AvgIpc) is 3.35. The molecule has 0 aromatic heterocycles. The third kappa shape index (κ3) is 12.0. The molecule has 3 amide bonds. The van der Waals surface area contributed by atoms with Gasteiger partial charge >= 0.3 is 11.9 Å². The predicted molar refractivity (Wildman–Crippen MR) is 227 cm³/mol. The van der Waals surface area contributed by atoms with Crippen LogP contribution in [0.3, 0.4) is 0 Å². The number of benzene rings is 2. The lowest BCUT2D eigenvalue weighted by atomic mass is 9.83. The molecule has 13 N–H and O–H groups in total. The summed E-state index contributed by atoms with van der Waals surface area (Å²) in [4.78, 5) is 63.2. The number of carboxylic acids is 2. The molecule has 366 valence electrons. The monoisotopic (exact) mass is 1040 g/mol. The molecule has 0 saturated carbocycles. The number of hydrogen-bond donors (Lipinski definition) is 12. The van der Waals surface area contributed by atoms with Crippen LogP contribution in [0.5, 0.6) is 0 Å². The van der Waals surface area contributed by atoms with Crippen LogP contribution in [0.4, 0.5) is 5.69 Å². The summed E-state index contributed by atoms with van der Waals surface area (Å²) in [6.07, 6.45) is 1.26. The van der Waals surface area contributed by atoms with E-state index in [9.17, 15) is 89.9 Å². The Kier molecular flexibility index (Phi) is 14.5. The van der Waals surface area contributed by atoms with Crippen LogP contribution in [-0.2, 0) is 74.4 Å². The second-order valence-corrected chi connectivity index (χ2v) is 23.0. The number of carboxylic acid groups (broad SMARTS) is 2. The van der Waals surface area contributed by atoms with Crippen LogP contribution in [0.25, 0.3) is 27.9 Å². The number of anilines is 1. The largest absolute Gasteiger partial charge is 0.481 e. The second kappa shape index (κ2) is 18.6. The first-order chi connectivity index (χ1) is 30.6. The molecule has 4 atom stereocenters. The highest BCUT2D eigenvalue weighted by Gasteiger charge is 2.40. The molecule has 2 heterocycles. The predicted octanol–water partition coefficient (Wildman–Crippen LogP) is -3.43. The first kappa shape index (κ1) is 52.1. The molecule has 2 aliphatic heterocycles. The molecular weight excluding hydrogens is 1000 g/mol. The summed E-state index contributed by atoms with van der Waals surface area (Å²) < 4.78 is 168. The number of carbonyl (C=O) groups excluding carboxylic acids is 3. The number of nitrogens with one attached hydrogen (secondary N) is 6. The molecule has 4 unspecified atom stereocenters. The van der Waals surface area contributed by atoms with Crippen molar-refractivity contribution in [1.29, 1.82) is 5.41 Å². The Morgan fingerprint density at radius 2 is 1.36 bits per heavy atom. The molecule has 33 heteroatoms. The van der Waals surface area contributed by atoms with Gasteiger partial charge in [0.05, 0.1) is 22.0 Å². The zero-order chi connectivity index (χ0) is 50.4. The molecule has 2 aliphatic carbocycles. The molecule has 0 fully saturated rings. The van der Waals surface area contributed by atoms with Gasteiger partial charge in [0.25, 0.3) is 30.4 Å². The molecule has 67 heavy (non-hydrogen) atoms. The summed E-state index contributed by atoms with van der Waals surface area (Å²) in [5.74, 6) is -14.7. The van der Waals surface area contributed by atoms with Crippen molar-refractivity contribution in [3.63, 3.8) is 0 Å². The number of rotatable bonds is 9. The fourth-order valence-corrected chi connectivity index (χ4v) is 11.8. The van der Waals surface area contributed by atoms with Gasteiger partial charge in [-0.05, 0) is 49.6 Å². The van der Waals surface area contributed by atoms with E-state index in [-0.39, 0.29) is 23.1 Å². The topological polar surface area (TPSA) is 480 Å². The number of amides is 3. The Balaban J connectivity index is 1.90. The van der Waals surface area contributed by atoms with E-state index < -0.39 is 184 Å². The molecule has 1 aromatic rings. The lowest BCUT2D eigenvalue weighted by Crippen LogP contribution is -2.60. The third-order valence-corrected chi connectivity index (χ3v) is 15.5. The van der Waals surface area contributed by atoms with Crippen molar-refractivity contribution in [2.24, 2.45) is 5.41 Å². The van der Waals surface area contributed by atoms with Crippen molar-refractivity contribution in [2.75, 3.05) is 36.1 Å². The summed E-state index contributed by atoms with van der Waals surface area (Å²) in [6.45, 7) is -0.367. The number of nitrogens with two attached hydrogens (primary N) is 1. The van der Waals surface area contributed by atoms with Gasteiger partial charge in [-0.3, -0.25) is 38.2 Å². The maximum atomic E-state index is 14.5. The highest BCUT2D eigenvalue weighted by molar-refractivity contribution is 7.90. The summed E-state index contributed by atoms with van der Waals surface area (Å²) in [5, 5.41) is 33.2. The van der Waals surface area contributed by atoms with Gasteiger partial charge in [-0.1, -0.05) is 12.2 Å². The number of hydrogen-bond acceptors (Lipinski definition) is 18. The van der Waals surface area contributed by atoms with E-state index in [1.54, 1.807) is 15.4 Å². The zero-order valence-electron chi connectivity index (χ0n) is 34.0. The fourth-order valence-electron chi connectivity index (χ4n) is 6.98. The maximum absolute atomic E-state index is 14.5. The quantitative estimate of drug-likeness (QED) is 0.0564. The van der Waals surface area contributed by atoms with E-state index in [0.717, 1.165) is 36.4 Å². The molecule has 28 nitrogen and oxygen atoms in total. The molecule has 0 spiro atoms. The SMILES string of the molecule is CC1(C(=O)O)C=CC(C(=O)O)=C(c2c3ccc(=N)c4c-3oc3c(c(N)ccc23)S(=O)(=O)NC(CS(=O)(=O)O)C(=O)NC(CS(=O)(=O)O)C(=O)NC(CS(=O)(=O)O)C(=O)NCCNS4(=O)=O)CC1. The van der Waals surface area contributed by atoms with Gasteiger partial charge in [-0.15, -0.1) is 0 Å². The number of aliphatic carboxylic acids is 2. The van der Waals surface area contributed by atoms with E-state index in [1.165, 1.54) is 6.92 Å². The van der Waals surface area contributed by atoms with Crippen LogP contribution in [0.1, 0.15) is 25.3 Å². The molecule has 2 bridgehead atoms. The molecule has 0 radical (unpaired) electrons. The van der Waals surface area contributed by atoms with E-state index in [4.69, 9.17) is 15.6 Å². The Bertz CT molecular complexity index is 3300. The molecule has 4 aliphatic rings. The molecule has 1 aromatic carbocycles. The van der Waals surface area contributed by atoms with E-state index in [2.05, 4.69) is 0 Å². The Labute approximate surface area is 379 Å². The van der Waals surface area contributed by atoms with Crippen molar-refractivity contribution in [3.05, 3.63) is 52.9 Å². The van der Waals surface area contributed by atoms with Gasteiger partial charge in [0, 0.05) is 29.6 Å². The minimum Gasteiger partial charge on any atom is -0.481 e. The first-order valence-electron chi connectivity index (χ1n) is 18.7. The average molecular weight is 1040 g/mol. The van der Waals surface area contributed by atoms with Gasteiger partial charge in [-0.2, -0.15) is 30.0 Å². The van der Waals surface area contributed by atoms with Crippen LogP contribution >= 0.6 is 0 Å². The van der Waals surface area contributed by atoms with Crippen molar-refractivity contribution in [2.45, 2.75) is 47.7 Å². The minimum absolute atomic E-state index is 0.252. The number of carbonyl (C=O) groups is 5. The van der Waals surface area contributed by atoms with Crippen molar-refractivity contribution in [1.82, 2.24) is 25.4 Å². The normalized spacial score (nSPS) is 23.6. The lowest BCUT2D eigenvalue weighted by Gasteiger charge is -2.25. The Morgan fingerprint density at radius 1 is 0.806 bits per heavy atom. The second-order valence-electron chi connectivity index (χ2n) is 15.1. The minimum atomic E-state index is -5.68. The Morgan fingerprint density at radius 3 is 1.91 bits per heavy atom. The maximum Gasteiger partial charge on any atom is 0.335 e. The van der Waals surface area contributed by atoms with E-state index in [0.29, 0.717) is 0 Å². The number of allylic oxidation sites excluding steroid dienone is 1. The van der Waals surface area contributed by atoms with Gasteiger partial charge in [-0.25, -0.2) is 26.4 Å². The molecule has 5 rings (SSSR count). The van der Waals surface area contributed by atoms with Crippen LogP contribution in [0.15, 0.2) is 56.2 Å². The van der Waals surface area contributed by atoms with Crippen LogP contribution < -0.4 is 36.5 Å². The molecular formula is C34H39N7O21S5. The van der Waals surface area contributed by atoms with E-state index >= 15 is 0 Å². The number of sulfonamides is 2. The Hall–Kier alpha value is -5.91. The van der Waals surface area contributed by atoms with Gasteiger partial charge in [0.1, 0.15) is 40.3 Å². The van der Waals surface area contributed by atoms with Crippen molar-refractivity contribution < 1.29 is 94.4 Å². The van der Waals surface area contributed by atoms with E-state index in [1.807, 2.05) is 10.0 Å². The summed E-state index contributed by atoms with van der Waals surface area (Å²) in [7, 11) is -26.9.